The quantitative estimate of drug-likeness (QED) is 0.765. The van der Waals surface area contributed by atoms with E-state index in [4.69, 9.17) is 0 Å². The van der Waals surface area contributed by atoms with Crippen molar-refractivity contribution < 1.29 is 13.2 Å². The summed E-state index contributed by atoms with van der Waals surface area (Å²) in [7, 11) is 0. The average Bonchev–Trinajstić information content (AvgIpc) is 2.85. The third-order valence-electron chi connectivity index (χ3n) is 3.50. The second-order valence-electron chi connectivity index (χ2n) is 5.74. The van der Waals surface area contributed by atoms with Crippen molar-refractivity contribution in [2.45, 2.75) is 26.9 Å². The summed E-state index contributed by atoms with van der Waals surface area (Å²) in [5.74, 6) is 0.759. The van der Waals surface area contributed by atoms with Crippen molar-refractivity contribution in [1.29, 1.82) is 0 Å². The highest BCUT2D eigenvalue weighted by Crippen LogP contribution is 2.31. The first-order chi connectivity index (χ1) is 11.7. The summed E-state index contributed by atoms with van der Waals surface area (Å²) in [5.41, 5.74) is 1.95. The lowest BCUT2D eigenvalue weighted by atomic mass is 10.2. The molecule has 25 heavy (non-hydrogen) atoms. The number of nitrogens with zero attached hydrogens (tertiary/aromatic N) is 4. The van der Waals surface area contributed by atoms with Crippen LogP contribution in [0.25, 0.3) is 5.95 Å². The lowest BCUT2D eigenvalue weighted by molar-refractivity contribution is -0.137. The molecule has 0 radical (unpaired) electrons. The number of anilines is 2. The zero-order chi connectivity index (χ0) is 18.2. The molecule has 0 amide bonds. The second kappa shape index (κ2) is 6.19. The van der Waals surface area contributed by atoms with Crippen molar-refractivity contribution >= 4 is 11.5 Å². The van der Waals surface area contributed by atoms with Crippen LogP contribution in [0.2, 0.25) is 0 Å². The van der Waals surface area contributed by atoms with E-state index in [1.807, 2.05) is 19.9 Å². The molecular weight excluding hydrogens is 331 g/mol. The second-order valence-corrected chi connectivity index (χ2v) is 5.74. The molecule has 0 bridgehead atoms. The Hall–Kier alpha value is -2.90. The lowest BCUT2D eigenvalue weighted by Gasteiger charge is -2.11. The summed E-state index contributed by atoms with van der Waals surface area (Å²) in [5, 5.41) is 7.23. The van der Waals surface area contributed by atoms with Gasteiger partial charge < -0.3 is 5.32 Å². The molecule has 2 heterocycles. The van der Waals surface area contributed by atoms with E-state index in [2.05, 4.69) is 20.4 Å². The molecule has 0 aliphatic rings. The van der Waals surface area contributed by atoms with Gasteiger partial charge in [0.15, 0.2) is 0 Å². The van der Waals surface area contributed by atoms with Gasteiger partial charge in [-0.15, -0.1) is 0 Å². The van der Waals surface area contributed by atoms with Crippen LogP contribution >= 0.6 is 0 Å². The minimum Gasteiger partial charge on any atom is -0.340 e. The van der Waals surface area contributed by atoms with E-state index < -0.39 is 11.7 Å². The predicted molar refractivity (Wildman–Crippen MR) is 88.1 cm³/mol. The SMILES string of the molecule is Cc1cc(Nc2cccc(C(F)(F)F)c2)nc(-n2nc(C)cc2C)n1. The predicted octanol–water partition coefficient (Wildman–Crippen LogP) is 4.35. The number of aryl methyl sites for hydroxylation is 3. The molecule has 3 aromatic rings. The van der Waals surface area contributed by atoms with E-state index in [0.29, 0.717) is 23.1 Å². The molecule has 8 heteroatoms. The fraction of sp³-hybridized carbons (Fsp3) is 0.235. The van der Waals surface area contributed by atoms with Crippen LogP contribution in [0.4, 0.5) is 24.7 Å². The van der Waals surface area contributed by atoms with Crippen LogP contribution in [0.5, 0.6) is 0 Å². The summed E-state index contributed by atoms with van der Waals surface area (Å²) in [4.78, 5) is 8.71. The maximum Gasteiger partial charge on any atom is 0.416 e. The first-order valence-electron chi connectivity index (χ1n) is 7.56. The zero-order valence-electron chi connectivity index (χ0n) is 13.9. The summed E-state index contributed by atoms with van der Waals surface area (Å²) < 4.78 is 40.1. The van der Waals surface area contributed by atoms with Gasteiger partial charge in [-0.25, -0.2) is 9.67 Å². The number of aromatic nitrogens is 4. The maximum absolute atomic E-state index is 12.8. The van der Waals surface area contributed by atoms with Crippen LogP contribution in [-0.2, 0) is 6.18 Å². The molecule has 0 saturated carbocycles. The minimum absolute atomic E-state index is 0.298. The van der Waals surface area contributed by atoms with Crippen molar-refractivity contribution in [3.63, 3.8) is 0 Å². The monoisotopic (exact) mass is 347 g/mol. The van der Waals surface area contributed by atoms with Crippen LogP contribution in [0.3, 0.4) is 0 Å². The third kappa shape index (κ3) is 3.78. The van der Waals surface area contributed by atoms with Crippen LogP contribution in [-0.4, -0.2) is 19.7 Å². The van der Waals surface area contributed by atoms with Gasteiger partial charge in [0.1, 0.15) is 5.82 Å². The van der Waals surface area contributed by atoms with Crippen molar-refractivity contribution in [3.8, 4) is 5.95 Å². The summed E-state index contributed by atoms with van der Waals surface area (Å²) in [6.45, 7) is 5.53. The van der Waals surface area contributed by atoms with Crippen molar-refractivity contribution in [1.82, 2.24) is 19.7 Å². The molecule has 1 aromatic carbocycles. The van der Waals surface area contributed by atoms with Gasteiger partial charge in [0, 0.05) is 23.1 Å². The summed E-state index contributed by atoms with van der Waals surface area (Å²) >= 11 is 0. The summed E-state index contributed by atoms with van der Waals surface area (Å²) in [6, 6.07) is 8.52. The molecule has 0 unspecified atom stereocenters. The van der Waals surface area contributed by atoms with E-state index in [9.17, 15) is 13.2 Å². The van der Waals surface area contributed by atoms with Gasteiger partial charge in [-0.1, -0.05) is 6.07 Å². The molecule has 0 atom stereocenters. The Kier molecular flexibility index (Phi) is 4.20. The number of nitrogens with one attached hydrogen (secondary N) is 1. The van der Waals surface area contributed by atoms with E-state index in [1.165, 1.54) is 6.07 Å². The topological polar surface area (TPSA) is 55.6 Å². The Labute approximate surface area is 142 Å². The van der Waals surface area contributed by atoms with Gasteiger partial charge in [-0.05, 0) is 45.0 Å². The lowest BCUT2D eigenvalue weighted by Crippen LogP contribution is -2.08. The smallest absolute Gasteiger partial charge is 0.340 e. The first kappa shape index (κ1) is 16.9. The number of benzene rings is 1. The standard InChI is InChI=1S/C17H16F3N5/c1-10-8-15(22-14-6-4-5-13(9-14)17(18,19)20)23-16(21-10)25-12(3)7-11(2)24-25/h4-9H,1-3H3,(H,21,22,23). The fourth-order valence-electron chi connectivity index (χ4n) is 2.46. The van der Waals surface area contributed by atoms with Gasteiger partial charge in [0.2, 0.25) is 0 Å². The molecular formula is C17H16F3N5. The largest absolute Gasteiger partial charge is 0.416 e. The van der Waals surface area contributed by atoms with E-state index >= 15 is 0 Å². The van der Waals surface area contributed by atoms with Crippen LogP contribution in [0.1, 0.15) is 22.6 Å². The minimum atomic E-state index is -4.39. The van der Waals surface area contributed by atoms with Crippen molar-refractivity contribution in [2.24, 2.45) is 0 Å². The van der Waals surface area contributed by atoms with E-state index in [1.54, 1.807) is 23.7 Å². The average molecular weight is 347 g/mol. The van der Waals surface area contributed by atoms with E-state index in [-0.39, 0.29) is 0 Å². The maximum atomic E-state index is 12.8. The Morgan fingerprint density at radius 3 is 2.36 bits per heavy atom. The normalized spacial score (nSPS) is 11.6. The fourth-order valence-corrected chi connectivity index (χ4v) is 2.46. The molecule has 0 fully saturated rings. The van der Waals surface area contributed by atoms with Crippen LogP contribution in [0, 0.1) is 20.8 Å². The Morgan fingerprint density at radius 1 is 0.960 bits per heavy atom. The molecule has 0 saturated heterocycles. The van der Waals surface area contributed by atoms with Crippen molar-refractivity contribution in [3.05, 3.63) is 59.0 Å². The number of hydrogen-bond donors (Lipinski definition) is 1. The highest BCUT2D eigenvalue weighted by molar-refractivity contribution is 5.58. The summed E-state index contributed by atoms with van der Waals surface area (Å²) in [6.07, 6.45) is -4.39. The highest BCUT2D eigenvalue weighted by Gasteiger charge is 2.30. The van der Waals surface area contributed by atoms with Gasteiger partial charge in [0.05, 0.1) is 11.3 Å². The van der Waals surface area contributed by atoms with Crippen LogP contribution in [0.15, 0.2) is 36.4 Å². The van der Waals surface area contributed by atoms with Crippen molar-refractivity contribution in [2.75, 3.05) is 5.32 Å². The number of alkyl halides is 3. The molecule has 130 valence electrons. The molecule has 1 N–H and O–H groups in total. The molecule has 2 aromatic heterocycles. The van der Waals surface area contributed by atoms with Gasteiger partial charge in [0.25, 0.3) is 5.95 Å². The number of hydrogen-bond acceptors (Lipinski definition) is 4. The highest BCUT2D eigenvalue weighted by atomic mass is 19.4. The molecule has 0 aliphatic heterocycles. The molecule has 5 nitrogen and oxygen atoms in total. The van der Waals surface area contributed by atoms with Gasteiger partial charge in [-0.3, -0.25) is 0 Å². The van der Waals surface area contributed by atoms with Gasteiger partial charge in [-0.2, -0.15) is 23.3 Å². The number of rotatable bonds is 3. The number of halogens is 3. The Morgan fingerprint density at radius 2 is 1.72 bits per heavy atom. The third-order valence-corrected chi connectivity index (χ3v) is 3.50. The Balaban J connectivity index is 1.95. The first-order valence-corrected chi connectivity index (χ1v) is 7.56. The molecule has 0 spiro atoms. The van der Waals surface area contributed by atoms with Gasteiger partial charge >= 0.3 is 6.18 Å². The zero-order valence-corrected chi connectivity index (χ0v) is 13.9. The van der Waals surface area contributed by atoms with E-state index in [0.717, 1.165) is 23.5 Å². The van der Waals surface area contributed by atoms with Crippen LogP contribution < -0.4 is 5.32 Å². The Bertz CT molecular complexity index is 915. The molecule has 0 aliphatic carbocycles. The molecule has 3 rings (SSSR count).